The first-order valence-electron chi connectivity index (χ1n) is 8.88. The Kier molecular flexibility index (Phi) is 7.33. The zero-order valence-electron chi connectivity index (χ0n) is 15.0. The zero-order valence-corrected chi connectivity index (χ0v) is 19.4. The van der Waals surface area contributed by atoms with Gasteiger partial charge in [0.15, 0.2) is 0 Å². The topological polar surface area (TPSA) is 53.9 Å². The lowest BCUT2D eigenvalue weighted by Crippen LogP contribution is -2.19. The van der Waals surface area contributed by atoms with Crippen molar-refractivity contribution in [2.24, 2.45) is 5.10 Å². The van der Waals surface area contributed by atoms with Crippen molar-refractivity contribution >= 4 is 63.0 Å². The van der Waals surface area contributed by atoms with Gasteiger partial charge in [-0.15, -0.1) is 0 Å². The van der Waals surface area contributed by atoms with Crippen molar-refractivity contribution in [2.45, 2.75) is 19.8 Å². The normalized spacial score (nSPS) is 14.0. The Balaban J connectivity index is 1.61. The van der Waals surface area contributed by atoms with Crippen molar-refractivity contribution in [2.75, 3.05) is 24.6 Å². The number of benzene rings is 2. The maximum absolute atomic E-state index is 12.3. The number of halogens is 2. The minimum atomic E-state index is -0.213. The molecule has 142 valence electrons. The molecule has 0 bridgehead atoms. The number of nitrogens with one attached hydrogen (secondary N) is 1. The molecule has 0 unspecified atom stereocenters. The highest BCUT2D eigenvalue weighted by Gasteiger charge is 2.13. The molecule has 0 atom stereocenters. The van der Waals surface area contributed by atoms with E-state index >= 15 is 0 Å². The summed E-state index contributed by atoms with van der Waals surface area (Å²) in [6.07, 6.45) is 4.12. The fourth-order valence-electron chi connectivity index (χ4n) is 2.97. The first-order chi connectivity index (χ1) is 13.1. The van der Waals surface area contributed by atoms with Crippen LogP contribution in [0.2, 0.25) is 0 Å². The Morgan fingerprint density at radius 2 is 1.81 bits per heavy atom. The molecule has 1 fully saturated rings. The number of amides is 1. The fraction of sp³-hybridized carbons (Fsp3) is 0.300. The van der Waals surface area contributed by atoms with E-state index in [1.165, 1.54) is 18.5 Å². The Hall–Kier alpha value is -1.36. The van der Waals surface area contributed by atoms with Crippen molar-refractivity contribution in [1.82, 2.24) is 5.43 Å². The molecule has 7 heteroatoms. The largest absolute Gasteiger partial charge is 0.492 e. The third kappa shape index (κ3) is 5.34. The van der Waals surface area contributed by atoms with Gasteiger partial charge in [0.1, 0.15) is 5.75 Å². The average molecular weight is 589 g/mol. The van der Waals surface area contributed by atoms with E-state index < -0.39 is 0 Å². The number of ether oxygens (including phenoxy) is 1. The van der Waals surface area contributed by atoms with Crippen LogP contribution in [0, 0.1) is 7.14 Å². The molecule has 0 saturated carbocycles. The first-order valence-corrected chi connectivity index (χ1v) is 11.0. The number of carbonyl (C=O) groups excluding carboxylic acids is 1. The highest BCUT2D eigenvalue weighted by molar-refractivity contribution is 14.1. The van der Waals surface area contributed by atoms with Gasteiger partial charge < -0.3 is 9.64 Å². The Morgan fingerprint density at radius 1 is 1.19 bits per heavy atom. The van der Waals surface area contributed by atoms with Gasteiger partial charge in [0.25, 0.3) is 5.91 Å². The molecule has 2 aromatic rings. The van der Waals surface area contributed by atoms with E-state index in [1.54, 1.807) is 6.21 Å². The lowest BCUT2D eigenvalue weighted by molar-refractivity contribution is 0.0955. The number of hydrazone groups is 1. The number of hydrogen-bond acceptors (Lipinski definition) is 4. The van der Waals surface area contributed by atoms with E-state index in [1.807, 2.05) is 43.3 Å². The average Bonchev–Trinajstić information content (AvgIpc) is 3.19. The predicted molar refractivity (Wildman–Crippen MR) is 126 cm³/mol. The molecule has 1 amide bonds. The molecule has 5 nitrogen and oxygen atoms in total. The maximum atomic E-state index is 12.3. The Morgan fingerprint density at radius 3 is 2.41 bits per heavy atom. The van der Waals surface area contributed by atoms with E-state index in [2.05, 4.69) is 60.6 Å². The number of rotatable bonds is 6. The van der Waals surface area contributed by atoms with Crippen LogP contribution in [-0.4, -0.2) is 31.8 Å². The second-order valence-corrected chi connectivity index (χ2v) is 8.51. The smallest absolute Gasteiger partial charge is 0.271 e. The van der Waals surface area contributed by atoms with Gasteiger partial charge in [-0.2, -0.15) is 5.10 Å². The summed E-state index contributed by atoms with van der Waals surface area (Å²) in [4.78, 5) is 14.6. The summed E-state index contributed by atoms with van der Waals surface area (Å²) in [7, 11) is 0. The van der Waals surface area contributed by atoms with Crippen LogP contribution in [0.3, 0.4) is 0 Å². The van der Waals surface area contributed by atoms with Gasteiger partial charge in [-0.3, -0.25) is 4.79 Å². The SMILES string of the molecule is CCOc1c(I)cc(/C=N\NC(=O)c2ccc(N3CCCC3)cc2)cc1I. The molecule has 0 aromatic heterocycles. The van der Waals surface area contributed by atoms with Gasteiger partial charge in [-0.05, 0) is 107 Å². The second kappa shape index (κ2) is 9.72. The van der Waals surface area contributed by atoms with Crippen LogP contribution in [0.25, 0.3) is 0 Å². The van der Waals surface area contributed by atoms with Gasteiger partial charge in [-0.25, -0.2) is 5.43 Å². The third-order valence-corrected chi connectivity index (χ3v) is 5.89. The number of carbonyl (C=O) groups is 1. The molecule has 3 rings (SSSR count). The van der Waals surface area contributed by atoms with Crippen LogP contribution in [0.5, 0.6) is 5.75 Å². The first kappa shape index (κ1) is 20.4. The highest BCUT2D eigenvalue weighted by Crippen LogP contribution is 2.28. The van der Waals surface area contributed by atoms with Crippen molar-refractivity contribution in [3.8, 4) is 5.75 Å². The van der Waals surface area contributed by atoms with Gasteiger partial charge >= 0.3 is 0 Å². The standard InChI is InChI=1S/C20H21I2N3O2/c1-2-27-19-17(21)11-14(12-18(19)22)13-23-24-20(26)15-5-7-16(8-6-15)25-9-3-4-10-25/h5-8,11-13H,2-4,9-10H2,1H3,(H,24,26)/b23-13-. The fourth-order valence-corrected chi connectivity index (χ4v) is 5.09. The molecule has 1 aliphatic heterocycles. The van der Waals surface area contributed by atoms with Crippen LogP contribution in [0.4, 0.5) is 5.69 Å². The van der Waals surface area contributed by atoms with Gasteiger partial charge in [0.2, 0.25) is 0 Å². The monoisotopic (exact) mass is 589 g/mol. The molecule has 1 N–H and O–H groups in total. The van der Waals surface area contributed by atoms with Crippen molar-refractivity contribution in [1.29, 1.82) is 0 Å². The molecule has 0 radical (unpaired) electrons. The summed E-state index contributed by atoms with van der Waals surface area (Å²) in [5, 5.41) is 4.09. The lowest BCUT2D eigenvalue weighted by atomic mass is 10.2. The second-order valence-electron chi connectivity index (χ2n) is 6.19. The zero-order chi connectivity index (χ0) is 19.2. The molecular formula is C20H21I2N3O2. The van der Waals surface area contributed by atoms with E-state index in [9.17, 15) is 4.79 Å². The van der Waals surface area contributed by atoms with Gasteiger partial charge in [0.05, 0.1) is 20.0 Å². The molecule has 1 saturated heterocycles. The minimum absolute atomic E-state index is 0.213. The highest BCUT2D eigenvalue weighted by atomic mass is 127. The summed E-state index contributed by atoms with van der Waals surface area (Å²) in [6.45, 7) is 4.78. The van der Waals surface area contributed by atoms with Crippen molar-refractivity contribution in [3.63, 3.8) is 0 Å². The van der Waals surface area contributed by atoms with Crippen LogP contribution < -0.4 is 15.1 Å². The number of hydrogen-bond donors (Lipinski definition) is 1. The van der Waals surface area contributed by atoms with E-state index in [4.69, 9.17) is 4.74 Å². The molecular weight excluding hydrogens is 568 g/mol. The third-order valence-electron chi connectivity index (χ3n) is 4.29. The molecule has 2 aromatic carbocycles. The number of anilines is 1. The Labute approximate surface area is 186 Å². The van der Waals surface area contributed by atoms with Crippen LogP contribution in [0.1, 0.15) is 35.7 Å². The van der Waals surface area contributed by atoms with Crippen LogP contribution in [0.15, 0.2) is 41.5 Å². The minimum Gasteiger partial charge on any atom is -0.492 e. The predicted octanol–water partition coefficient (Wildman–Crippen LogP) is 4.66. The number of nitrogens with zero attached hydrogens (tertiary/aromatic N) is 2. The van der Waals surface area contributed by atoms with Crippen LogP contribution >= 0.6 is 45.2 Å². The summed E-state index contributed by atoms with van der Waals surface area (Å²) < 4.78 is 7.68. The van der Waals surface area contributed by atoms with E-state index in [0.717, 1.165) is 31.5 Å². The summed E-state index contributed by atoms with van der Waals surface area (Å²) in [5.41, 5.74) is 5.28. The van der Waals surface area contributed by atoms with Crippen molar-refractivity contribution < 1.29 is 9.53 Å². The lowest BCUT2D eigenvalue weighted by Gasteiger charge is -2.17. The summed E-state index contributed by atoms with van der Waals surface area (Å²) >= 11 is 4.49. The molecule has 1 aliphatic rings. The molecule has 0 aliphatic carbocycles. The Bertz CT molecular complexity index is 809. The van der Waals surface area contributed by atoms with E-state index in [0.29, 0.717) is 12.2 Å². The summed E-state index contributed by atoms with van der Waals surface area (Å²) in [5.74, 6) is 0.674. The summed E-state index contributed by atoms with van der Waals surface area (Å²) in [6, 6.07) is 11.7. The van der Waals surface area contributed by atoms with Crippen LogP contribution in [-0.2, 0) is 0 Å². The molecule has 27 heavy (non-hydrogen) atoms. The van der Waals surface area contributed by atoms with E-state index in [-0.39, 0.29) is 5.91 Å². The van der Waals surface area contributed by atoms with Crippen molar-refractivity contribution in [3.05, 3.63) is 54.7 Å². The molecule has 0 spiro atoms. The molecule has 1 heterocycles. The van der Waals surface area contributed by atoms with Gasteiger partial charge in [0, 0.05) is 24.3 Å². The quantitative estimate of drug-likeness (QED) is 0.303. The van der Waals surface area contributed by atoms with Gasteiger partial charge in [-0.1, -0.05) is 0 Å². The maximum Gasteiger partial charge on any atom is 0.271 e.